The van der Waals surface area contributed by atoms with Gasteiger partial charge in [-0.2, -0.15) is 0 Å². The Morgan fingerprint density at radius 2 is 1.02 bits per heavy atom. The zero-order valence-electron chi connectivity index (χ0n) is 23.7. The molecule has 0 atom stereocenters. The van der Waals surface area contributed by atoms with E-state index in [-0.39, 0.29) is 28.7 Å². The summed E-state index contributed by atoms with van der Waals surface area (Å²) in [6.45, 7) is 0. The van der Waals surface area contributed by atoms with Crippen LogP contribution in [0.4, 0.5) is 22.7 Å². The van der Waals surface area contributed by atoms with Crippen LogP contribution >= 0.6 is 23.2 Å². The normalized spacial score (nSPS) is 15.2. The zero-order valence-corrected chi connectivity index (χ0v) is 25.2. The van der Waals surface area contributed by atoms with Gasteiger partial charge in [-0.15, -0.1) is 20.5 Å². The van der Waals surface area contributed by atoms with Crippen LogP contribution in [0.1, 0.15) is 24.0 Å². The van der Waals surface area contributed by atoms with Gasteiger partial charge < -0.3 is 19.7 Å². The van der Waals surface area contributed by atoms with Crippen molar-refractivity contribution in [2.45, 2.75) is 12.8 Å². The van der Waals surface area contributed by atoms with Gasteiger partial charge in [0.1, 0.15) is 45.7 Å². The smallest absolute Gasteiger partial charge is 0.185 e. The SMILES string of the molecule is COc1ccc(Cl)cc1N=Nc1cc(/C=C2/CC/C(=C\c3ccc(O)c(N=Nc4cc(Cl)ccc4OC)c3)C2=O)ccc1O. The molecule has 2 N–H and O–H groups in total. The Hall–Kier alpha value is -4.99. The molecule has 11 heteroatoms. The maximum atomic E-state index is 13.3. The molecule has 5 rings (SSSR count). The fourth-order valence-electron chi connectivity index (χ4n) is 4.50. The second-order valence-corrected chi connectivity index (χ2v) is 10.6. The van der Waals surface area contributed by atoms with Crippen molar-refractivity contribution < 1.29 is 24.5 Å². The number of rotatable bonds is 8. The summed E-state index contributed by atoms with van der Waals surface area (Å²) >= 11 is 12.1. The number of carbonyl (C=O) groups excluding carboxylic acids is 1. The summed E-state index contributed by atoms with van der Waals surface area (Å²) in [5.41, 5.74) is 3.87. The number of methoxy groups -OCH3 is 2. The Kier molecular flexibility index (Phi) is 9.38. The van der Waals surface area contributed by atoms with Crippen LogP contribution < -0.4 is 9.47 Å². The Balaban J connectivity index is 1.35. The molecule has 1 fully saturated rings. The van der Waals surface area contributed by atoms with Gasteiger partial charge in [0, 0.05) is 21.2 Å². The van der Waals surface area contributed by atoms with E-state index in [2.05, 4.69) is 20.5 Å². The minimum absolute atomic E-state index is 0.0654. The second kappa shape index (κ2) is 13.5. The summed E-state index contributed by atoms with van der Waals surface area (Å²) in [6.07, 6.45) is 4.63. The molecule has 222 valence electrons. The molecule has 44 heavy (non-hydrogen) atoms. The lowest BCUT2D eigenvalue weighted by Gasteiger charge is -2.05. The van der Waals surface area contributed by atoms with Crippen molar-refractivity contribution in [1.82, 2.24) is 0 Å². The molecule has 0 saturated heterocycles. The zero-order chi connectivity index (χ0) is 31.2. The monoisotopic (exact) mass is 628 g/mol. The van der Waals surface area contributed by atoms with Crippen LogP contribution in [0.3, 0.4) is 0 Å². The van der Waals surface area contributed by atoms with Crippen LogP contribution in [-0.2, 0) is 4.79 Å². The number of carbonyl (C=O) groups is 1. The van der Waals surface area contributed by atoms with Gasteiger partial charge in [-0.25, -0.2) is 0 Å². The van der Waals surface area contributed by atoms with Crippen LogP contribution in [0.5, 0.6) is 23.0 Å². The summed E-state index contributed by atoms with van der Waals surface area (Å²) in [5.74, 6) is 0.743. The maximum absolute atomic E-state index is 13.3. The quantitative estimate of drug-likeness (QED) is 0.148. The number of ether oxygens (including phenoxy) is 2. The van der Waals surface area contributed by atoms with E-state index >= 15 is 0 Å². The Morgan fingerprint density at radius 1 is 0.614 bits per heavy atom. The third kappa shape index (κ3) is 7.14. The van der Waals surface area contributed by atoms with Crippen LogP contribution in [0.2, 0.25) is 10.0 Å². The lowest BCUT2D eigenvalue weighted by atomic mass is 10.1. The summed E-state index contributed by atoms with van der Waals surface area (Å²) in [4.78, 5) is 13.3. The predicted octanol–water partition coefficient (Wildman–Crippen LogP) is 10.1. The number of halogens is 2. The highest BCUT2D eigenvalue weighted by molar-refractivity contribution is 6.31. The average molecular weight is 630 g/mol. The molecule has 0 bridgehead atoms. The molecule has 0 aliphatic heterocycles. The van der Waals surface area contributed by atoms with Crippen molar-refractivity contribution >= 4 is 63.9 Å². The first-order valence-corrected chi connectivity index (χ1v) is 14.1. The highest BCUT2D eigenvalue weighted by Gasteiger charge is 2.23. The van der Waals surface area contributed by atoms with Gasteiger partial charge in [0.15, 0.2) is 5.78 Å². The molecular formula is C33H26Cl2N4O5. The van der Waals surface area contributed by atoms with E-state index in [4.69, 9.17) is 32.7 Å². The molecule has 1 aliphatic rings. The number of hydrogen-bond acceptors (Lipinski definition) is 9. The number of aromatic hydroxyl groups is 2. The van der Waals surface area contributed by atoms with Gasteiger partial charge in [-0.1, -0.05) is 35.3 Å². The molecule has 9 nitrogen and oxygen atoms in total. The van der Waals surface area contributed by atoms with Gasteiger partial charge in [0.05, 0.1) is 14.2 Å². The minimum atomic E-state index is -0.0927. The molecule has 4 aromatic rings. The highest BCUT2D eigenvalue weighted by Crippen LogP contribution is 2.37. The molecule has 0 radical (unpaired) electrons. The average Bonchev–Trinajstić information content (AvgIpc) is 3.35. The highest BCUT2D eigenvalue weighted by atomic mass is 35.5. The third-order valence-corrected chi connectivity index (χ3v) is 7.21. The Morgan fingerprint density at radius 3 is 1.43 bits per heavy atom. The summed E-state index contributed by atoms with van der Waals surface area (Å²) in [6, 6.07) is 19.6. The maximum Gasteiger partial charge on any atom is 0.185 e. The topological polar surface area (TPSA) is 125 Å². The number of phenolic OH excluding ortho intramolecular Hbond substituents is 2. The van der Waals surface area contributed by atoms with Crippen LogP contribution in [0.25, 0.3) is 12.2 Å². The van der Waals surface area contributed by atoms with Crippen molar-refractivity contribution in [3.05, 3.63) is 105 Å². The molecule has 1 aliphatic carbocycles. The summed E-state index contributed by atoms with van der Waals surface area (Å²) < 4.78 is 10.6. The largest absolute Gasteiger partial charge is 0.506 e. The summed E-state index contributed by atoms with van der Waals surface area (Å²) in [5, 5.41) is 38.3. The van der Waals surface area contributed by atoms with Crippen LogP contribution in [-0.4, -0.2) is 30.2 Å². The molecule has 0 heterocycles. The number of nitrogens with zero attached hydrogens (tertiary/aromatic N) is 4. The number of hydrogen-bond donors (Lipinski definition) is 2. The fraction of sp³-hybridized carbons (Fsp3) is 0.121. The van der Waals surface area contributed by atoms with E-state index in [0.717, 1.165) is 0 Å². The first kappa shape index (κ1) is 30.5. The standard InChI is InChI=1S/C33H26Cl2N4O5/c1-43-31-11-7-23(34)17-27(31)38-36-25-15-19(3-9-29(25)40)13-21-5-6-22(33(21)42)14-20-4-10-30(41)26(16-20)37-39-28-18-24(35)8-12-32(28)44-2/h3-4,7-18,40-41H,5-6H2,1-2H3/b21-13-,22-14+,38-36?,39-37?. The van der Waals surface area contributed by atoms with Gasteiger partial charge in [-0.05, 0) is 96.8 Å². The number of allylic oxidation sites excluding steroid dienone is 2. The van der Waals surface area contributed by atoms with Crippen LogP contribution in [0.15, 0.2) is 104 Å². The Labute approximate surface area is 263 Å². The first-order valence-electron chi connectivity index (χ1n) is 13.4. The summed E-state index contributed by atoms with van der Waals surface area (Å²) in [7, 11) is 3.03. The molecule has 0 amide bonds. The first-order chi connectivity index (χ1) is 21.2. The lowest BCUT2D eigenvalue weighted by molar-refractivity contribution is -0.111. The molecular weight excluding hydrogens is 603 g/mol. The van der Waals surface area contributed by atoms with E-state index in [0.29, 0.717) is 68.0 Å². The number of benzene rings is 4. The molecule has 0 spiro atoms. The van der Waals surface area contributed by atoms with Crippen molar-refractivity contribution in [2.75, 3.05) is 14.2 Å². The van der Waals surface area contributed by atoms with Crippen molar-refractivity contribution in [2.24, 2.45) is 20.5 Å². The van der Waals surface area contributed by atoms with Crippen LogP contribution in [0, 0.1) is 0 Å². The lowest BCUT2D eigenvalue weighted by Crippen LogP contribution is -1.95. The number of ketones is 1. The number of azo groups is 2. The molecule has 1 saturated carbocycles. The van der Waals surface area contributed by atoms with Crippen molar-refractivity contribution in [3.8, 4) is 23.0 Å². The van der Waals surface area contributed by atoms with Gasteiger partial charge >= 0.3 is 0 Å². The van der Waals surface area contributed by atoms with Gasteiger partial charge in [0.25, 0.3) is 0 Å². The minimum Gasteiger partial charge on any atom is -0.506 e. The third-order valence-electron chi connectivity index (χ3n) is 6.74. The van der Waals surface area contributed by atoms with Gasteiger partial charge in [0.2, 0.25) is 0 Å². The molecule has 4 aromatic carbocycles. The predicted molar refractivity (Wildman–Crippen MR) is 171 cm³/mol. The van der Waals surface area contributed by atoms with E-state index < -0.39 is 0 Å². The number of Topliss-reactive ketones (excluding diaryl/α,β-unsaturated/α-hetero) is 1. The van der Waals surface area contributed by atoms with E-state index in [1.54, 1.807) is 72.8 Å². The number of phenols is 2. The second-order valence-electron chi connectivity index (χ2n) is 9.70. The Bertz CT molecular complexity index is 1730. The van der Waals surface area contributed by atoms with E-state index in [1.807, 2.05) is 0 Å². The van der Waals surface area contributed by atoms with Crippen molar-refractivity contribution in [1.29, 1.82) is 0 Å². The van der Waals surface area contributed by atoms with E-state index in [9.17, 15) is 15.0 Å². The fourth-order valence-corrected chi connectivity index (χ4v) is 4.83. The van der Waals surface area contributed by atoms with Crippen molar-refractivity contribution in [3.63, 3.8) is 0 Å². The van der Waals surface area contributed by atoms with E-state index in [1.165, 1.54) is 26.4 Å². The van der Waals surface area contributed by atoms with Gasteiger partial charge in [-0.3, -0.25) is 4.79 Å². The molecule has 0 aromatic heterocycles. The molecule has 0 unspecified atom stereocenters.